The molecule has 2 aliphatic heterocycles. The van der Waals surface area contributed by atoms with Gasteiger partial charge in [-0.15, -0.1) is 0 Å². The summed E-state index contributed by atoms with van der Waals surface area (Å²) in [7, 11) is 0. The largest absolute Gasteiger partial charge is 0.486 e. The van der Waals surface area contributed by atoms with Gasteiger partial charge in [-0.25, -0.2) is 0 Å². The van der Waals surface area contributed by atoms with Crippen LogP contribution >= 0.6 is 0 Å². The molecule has 0 bridgehead atoms. The van der Waals surface area contributed by atoms with Gasteiger partial charge in [-0.05, 0) is 44.0 Å². The Bertz CT molecular complexity index is 444. The van der Waals surface area contributed by atoms with Crippen molar-refractivity contribution in [3.63, 3.8) is 0 Å². The number of benzene rings is 1. The van der Waals surface area contributed by atoms with Crippen molar-refractivity contribution in [2.75, 3.05) is 26.3 Å². The van der Waals surface area contributed by atoms with E-state index in [2.05, 4.69) is 29.7 Å². The molecule has 0 spiro atoms. The highest BCUT2D eigenvalue weighted by molar-refractivity contribution is 5.44. The molecule has 0 radical (unpaired) electrons. The van der Waals surface area contributed by atoms with Gasteiger partial charge in [0.2, 0.25) is 0 Å². The second-order valence-electron chi connectivity index (χ2n) is 5.68. The molecule has 2 unspecified atom stereocenters. The number of hydrogen-bond donors (Lipinski definition) is 2. The van der Waals surface area contributed by atoms with Gasteiger partial charge >= 0.3 is 0 Å². The highest BCUT2D eigenvalue weighted by Crippen LogP contribution is 2.32. The minimum Gasteiger partial charge on any atom is -0.486 e. The van der Waals surface area contributed by atoms with Crippen molar-refractivity contribution in [2.45, 2.75) is 38.3 Å². The van der Waals surface area contributed by atoms with E-state index in [9.17, 15) is 0 Å². The Morgan fingerprint density at radius 3 is 2.90 bits per heavy atom. The Hall–Kier alpha value is -1.26. The number of fused-ring (bicyclic) bond motifs is 1. The summed E-state index contributed by atoms with van der Waals surface area (Å²) in [6.07, 6.45) is 3.94. The number of ether oxygens (including phenoxy) is 2. The van der Waals surface area contributed by atoms with Crippen LogP contribution in [0.15, 0.2) is 18.2 Å². The minimum absolute atomic E-state index is 0.328. The summed E-state index contributed by atoms with van der Waals surface area (Å²) in [5.74, 6) is 1.74. The summed E-state index contributed by atoms with van der Waals surface area (Å²) in [5.41, 5.74) is 1.25. The molecule has 3 rings (SSSR count). The van der Waals surface area contributed by atoms with Crippen LogP contribution in [-0.4, -0.2) is 32.3 Å². The van der Waals surface area contributed by atoms with Gasteiger partial charge in [0.1, 0.15) is 13.2 Å². The first-order valence-corrected chi connectivity index (χ1v) is 7.69. The predicted octanol–water partition coefficient (Wildman–Crippen LogP) is 2.25. The Kier molecular flexibility index (Phi) is 4.43. The smallest absolute Gasteiger partial charge is 0.161 e. The lowest BCUT2D eigenvalue weighted by Crippen LogP contribution is -2.42. The normalized spacial score (nSPS) is 23.4. The zero-order chi connectivity index (χ0) is 13.8. The maximum Gasteiger partial charge on any atom is 0.161 e. The fourth-order valence-corrected chi connectivity index (χ4v) is 2.86. The molecule has 1 aromatic carbocycles. The first-order valence-electron chi connectivity index (χ1n) is 7.69. The van der Waals surface area contributed by atoms with Crippen LogP contribution in [0.3, 0.4) is 0 Å². The van der Waals surface area contributed by atoms with Crippen molar-refractivity contribution in [2.24, 2.45) is 0 Å². The molecular weight excluding hydrogens is 252 g/mol. The van der Waals surface area contributed by atoms with Gasteiger partial charge in [-0.3, -0.25) is 0 Å². The van der Waals surface area contributed by atoms with Gasteiger partial charge < -0.3 is 20.1 Å². The van der Waals surface area contributed by atoms with E-state index in [1.165, 1.54) is 24.8 Å². The van der Waals surface area contributed by atoms with Gasteiger partial charge in [0.25, 0.3) is 0 Å². The van der Waals surface area contributed by atoms with E-state index < -0.39 is 0 Å². The fraction of sp³-hybridized carbons (Fsp3) is 0.625. The third-order valence-corrected chi connectivity index (χ3v) is 4.15. The van der Waals surface area contributed by atoms with Crippen molar-refractivity contribution in [3.8, 4) is 11.5 Å². The first-order chi connectivity index (χ1) is 9.83. The van der Waals surface area contributed by atoms with E-state index in [4.69, 9.17) is 9.47 Å². The molecule has 0 amide bonds. The average Bonchev–Trinajstić information content (AvgIpc) is 2.53. The zero-order valence-electron chi connectivity index (χ0n) is 12.2. The molecule has 1 saturated heterocycles. The highest BCUT2D eigenvalue weighted by atomic mass is 16.6. The molecule has 2 heterocycles. The molecule has 0 aromatic heterocycles. The van der Waals surface area contributed by atoms with Crippen LogP contribution in [0, 0.1) is 0 Å². The number of rotatable bonds is 4. The molecule has 0 saturated carbocycles. The van der Waals surface area contributed by atoms with E-state index >= 15 is 0 Å². The lowest BCUT2D eigenvalue weighted by molar-refractivity contribution is 0.171. The minimum atomic E-state index is 0.328. The average molecular weight is 276 g/mol. The van der Waals surface area contributed by atoms with E-state index in [1.54, 1.807) is 0 Å². The molecule has 110 valence electrons. The van der Waals surface area contributed by atoms with Gasteiger partial charge in [-0.2, -0.15) is 0 Å². The fourth-order valence-electron chi connectivity index (χ4n) is 2.86. The maximum atomic E-state index is 5.64. The Morgan fingerprint density at radius 1 is 1.25 bits per heavy atom. The second-order valence-corrected chi connectivity index (χ2v) is 5.68. The molecule has 20 heavy (non-hydrogen) atoms. The van der Waals surface area contributed by atoms with Crippen LogP contribution in [0.4, 0.5) is 0 Å². The Labute approximate surface area is 120 Å². The standard InChI is InChI=1S/C16H24N2O2/c1-12(18-11-14-4-2-3-7-17-14)13-5-6-15-16(10-13)20-9-8-19-15/h5-6,10,12,14,17-18H,2-4,7-9,11H2,1H3. The van der Waals surface area contributed by atoms with Crippen LogP contribution in [0.2, 0.25) is 0 Å². The summed E-state index contributed by atoms with van der Waals surface area (Å²) in [6, 6.07) is 7.18. The van der Waals surface area contributed by atoms with Crippen molar-refractivity contribution in [1.29, 1.82) is 0 Å². The van der Waals surface area contributed by atoms with Crippen molar-refractivity contribution < 1.29 is 9.47 Å². The van der Waals surface area contributed by atoms with E-state index in [1.807, 2.05) is 6.07 Å². The van der Waals surface area contributed by atoms with E-state index in [0.29, 0.717) is 25.3 Å². The second kappa shape index (κ2) is 6.46. The van der Waals surface area contributed by atoms with Gasteiger partial charge in [0.05, 0.1) is 0 Å². The molecule has 2 atom stereocenters. The quantitative estimate of drug-likeness (QED) is 0.885. The summed E-state index contributed by atoms with van der Waals surface area (Å²) >= 11 is 0. The third-order valence-electron chi connectivity index (χ3n) is 4.15. The zero-order valence-corrected chi connectivity index (χ0v) is 12.2. The van der Waals surface area contributed by atoms with E-state index in [0.717, 1.165) is 24.6 Å². The summed E-state index contributed by atoms with van der Waals surface area (Å²) in [5, 5.41) is 7.19. The van der Waals surface area contributed by atoms with Crippen molar-refractivity contribution in [1.82, 2.24) is 10.6 Å². The van der Waals surface area contributed by atoms with Crippen LogP contribution in [0.25, 0.3) is 0 Å². The lowest BCUT2D eigenvalue weighted by atomic mass is 10.0. The van der Waals surface area contributed by atoms with Crippen LogP contribution in [-0.2, 0) is 0 Å². The summed E-state index contributed by atoms with van der Waals surface area (Å²) < 4.78 is 11.2. The topological polar surface area (TPSA) is 42.5 Å². The lowest BCUT2D eigenvalue weighted by Gasteiger charge is -2.26. The highest BCUT2D eigenvalue weighted by Gasteiger charge is 2.16. The number of hydrogen-bond acceptors (Lipinski definition) is 4. The Balaban J connectivity index is 1.57. The van der Waals surface area contributed by atoms with Crippen LogP contribution in [0.5, 0.6) is 11.5 Å². The molecule has 0 aliphatic carbocycles. The molecule has 1 aromatic rings. The van der Waals surface area contributed by atoms with E-state index in [-0.39, 0.29) is 0 Å². The van der Waals surface area contributed by atoms with Crippen molar-refractivity contribution in [3.05, 3.63) is 23.8 Å². The number of piperidine rings is 1. The maximum absolute atomic E-state index is 5.64. The molecule has 2 N–H and O–H groups in total. The predicted molar refractivity (Wildman–Crippen MR) is 79.5 cm³/mol. The molecular formula is C16H24N2O2. The number of nitrogens with one attached hydrogen (secondary N) is 2. The van der Waals surface area contributed by atoms with Crippen LogP contribution in [0.1, 0.15) is 37.8 Å². The molecule has 2 aliphatic rings. The SMILES string of the molecule is CC(NCC1CCCCN1)c1ccc2c(c1)OCCO2. The summed E-state index contributed by atoms with van der Waals surface area (Å²) in [6.45, 7) is 5.67. The monoisotopic (exact) mass is 276 g/mol. The molecule has 4 nitrogen and oxygen atoms in total. The van der Waals surface area contributed by atoms with Gasteiger partial charge in [0, 0.05) is 18.6 Å². The van der Waals surface area contributed by atoms with Crippen molar-refractivity contribution >= 4 is 0 Å². The Morgan fingerprint density at radius 2 is 2.10 bits per heavy atom. The first kappa shape index (κ1) is 13.7. The van der Waals surface area contributed by atoms with Gasteiger partial charge in [0.15, 0.2) is 11.5 Å². The molecule has 1 fully saturated rings. The summed E-state index contributed by atoms with van der Waals surface area (Å²) in [4.78, 5) is 0. The molecule has 4 heteroatoms. The van der Waals surface area contributed by atoms with Gasteiger partial charge in [-0.1, -0.05) is 12.5 Å². The third kappa shape index (κ3) is 3.25. The van der Waals surface area contributed by atoms with Crippen LogP contribution < -0.4 is 20.1 Å².